The summed E-state index contributed by atoms with van der Waals surface area (Å²) in [4.78, 5) is 17.4. The van der Waals surface area contributed by atoms with Crippen molar-refractivity contribution < 1.29 is 9.53 Å². The quantitative estimate of drug-likeness (QED) is 0.860. The van der Waals surface area contributed by atoms with E-state index in [1.54, 1.807) is 0 Å². The fourth-order valence-electron chi connectivity index (χ4n) is 3.68. The van der Waals surface area contributed by atoms with Gasteiger partial charge in [0, 0.05) is 26.2 Å². The Kier molecular flexibility index (Phi) is 4.79. The normalized spacial score (nSPS) is 27.8. The van der Waals surface area contributed by atoms with E-state index in [0.717, 1.165) is 44.6 Å². The molecule has 2 aliphatic heterocycles. The van der Waals surface area contributed by atoms with Crippen LogP contribution in [0.3, 0.4) is 0 Å². The van der Waals surface area contributed by atoms with E-state index >= 15 is 0 Å². The van der Waals surface area contributed by atoms with Gasteiger partial charge in [0.15, 0.2) is 0 Å². The first-order valence-electron chi connectivity index (χ1n) is 8.38. The number of hydrogen-bond acceptors (Lipinski definition) is 3. The second-order valence-electron chi connectivity index (χ2n) is 6.56. The van der Waals surface area contributed by atoms with Gasteiger partial charge in [-0.3, -0.25) is 9.69 Å². The summed E-state index contributed by atoms with van der Waals surface area (Å²) in [5, 5.41) is 0. The number of ether oxygens (including phenoxy) is 1. The van der Waals surface area contributed by atoms with E-state index in [1.807, 2.05) is 23.1 Å². The molecule has 120 valence electrons. The monoisotopic (exact) mass is 302 g/mol. The Morgan fingerprint density at radius 2 is 1.68 bits per heavy atom. The minimum atomic E-state index is -0.173. The number of carbonyl (C=O) groups is 1. The predicted molar refractivity (Wildman–Crippen MR) is 86.6 cm³/mol. The van der Waals surface area contributed by atoms with Crippen molar-refractivity contribution in [3.05, 3.63) is 35.9 Å². The van der Waals surface area contributed by atoms with E-state index in [9.17, 15) is 4.79 Å². The first-order chi connectivity index (χ1) is 10.6. The summed E-state index contributed by atoms with van der Waals surface area (Å²) in [5.41, 5.74) is 1.10. The van der Waals surface area contributed by atoms with Gasteiger partial charge in [-0.05, 0) is 32.3 Å². The zero-order valence-electron chi connectivity index (χ0n) is 13.6. The number of nitrogens with zero attached hydrogens (tertiary/aromatic N) is 2. The van der Waals surface area contributed by atoms with Crippen molar-refractivity contribution in [2.24, 2.45) is 0 Å². The highest BCUT2D eigenvalue weighted by molar-refractivity contribution is 5.83. The van der Waals surface area contributed by atoms with Crippen LogP contribution in [0.1, 0.15) is 38.3 Å². The molecule has 1 amide bonds. The summed E-state index contributed by atoms with van der Waals surface area (Å²) in [5.74, 6) is 0.255. The number of carbonyl (C=O) groups excluding carboxylic acids is 1. The van der Waals surface area contributed by atoms with Crippen LogP contribution in [0, 0.1) is 0 Å². The van der Waals surface area contributed by atoms with Gasteiger partial charge in [-0.15, -0.1) is 0 Å². The van der Waals surface area contributed by atoms with E-state index in [0.29, 0.717) is 0 Å². The second-order valence-corrected chi connectivity index (χ2v) is 6.56. The molecular weight excluding hydrogens is 276 g/mol. The van der Waals surface area contributed by atoms with Crippen LogP contribution >= 0.6 is 0 Å². The van der Waals surface area contributed by atoms with E-state index < -0.39 is 0 Å². The van der Waals surface area contributed by atoms with E-state index in [2.05, 4.69) is 30.9 Å². The molecule has 2 heterocycles. The molecule has 22 heavy (non-hydrogen) atoms. The van der Waals surface area contributed by atoms with Crippen LogP contribution < -0.4 is 0 Å². The third kappa shape index (κ3) is 3.33. The Morgan fingerprint density at radius 1 is 1.09 bits per heavy atom. The van der Waals surface area contributed by atoms with E-state index in [-0.39, 0.29) is 24.2 Å². The molecule has 0 saturated carbocycles. The summed E-state index contributed by atoms with van der Waals surface area (Å²) in [6, 6.07) is 10.0. The molecule has 1 aromatic carbocycles. The second kappa shape index (κ2) is 6.80. The van der Waals surface area contributed by atoms with Gasteiger partial charge in [-0.2, -0.15) is 0 Å². The highest BCUT2D eigenvalue weighted by atomic mass is 16.5. The van der Waals surface area contributed by atoms with Crippen LogP contribution in [-0.4, -0.2) is 54.1 Å². The zero-order valence-corrected chi connectivity index (χ0v) is 13.6. The summed E-state index contributed by atoms with van der Waals surface area (Å²) in [6.07, 6.45) is 2.59. The van der Waals surface area contributed by atoms with Gasteiger partial charge in [0.05, 0.1) is 12.2 Å². The van der Waals surface area contributed by atoms with E-state index in [1.165, 1.54) is 0 Å². The maximum atomic E-state index is 13.1. The minimum Gasteiger partial charge on any atom is -0.373 e. The molecular formula is C18H26N2O2. The average molecular weight is 302 g/mol. The number of hydrogen-bond donors (Lipinski definition) is 0. The van der Waals surface area contributed by atoms with Crippen molar-refractivity contribution in [3.63, 3.8) is 0 Å². The van der Waals surface area contributed by atoms with E-state index in [4.69, 9.17) is 4.74 Å². The highest BCUT2D eigenvalue weighted by Gasteiger charge is 2.36. The topological polar surface area (TPSA) is 32.8 Å². The van der Waals surface area contributed by atoms with Crippen molar-refractivity contribution in [2.45, 2.75) is 44.9 Å². The Labute approximate surface area is 133 Å². The maximum absolute atomic E-state index is 13.1. The van der Waals surface area contributed by atoms with Crippen LogP contribution in [0.4, 0.5) is 0 Å². The Morgan fingerprint density at radius 3 is 2.27 bits per heavy atom. The van der Waals surface area contributed by atoms with Crippen LogP contribution in [0.25, 0.3) is 0 Å². The highest BCUT2D eigenvalue weighted by Crippen LogP contribution is 2.28. The molecule has 4 nitrogen and oxygen atoms in total. The van der Waals surface area contributed by atoms with Gasteiger partial charge in [-0.1, -0.05) is 30.3 Å². The molecule has 0 radical (unpaired) electrons. The van der Waals surface area contributed by atoms with Gasteiger partial charge in [0.25, 0.3) is 0 Å². The lowest BCUT2D eigenvalue weighted by molar-refractivity contribution is -0.142. The van der Waals surface area contributed by atoms with Gasteiger partial charge >= 0.3 is 0 Å². The number of rotatable bonds is 3. The lowest BCUT2D eigenvalue weighted by atomic mass is 10.0. The molecule has 0 spiro atoms. The van der Waals surface area contributed by atoms with Gasteiger partial charge in [0.1, 0.15) is 6.04 Å². The number of benzene rings is 1. The summed E-state index contributed by atoms with van der Waals surface area (Å²) in [7, 11) is 0. The molecule has 0 aromatic heterocycles. The Balaban J connectivity index is 1.87. The molecule has 2 saturated heterocycles. The van der Waals surface area contributed by atoms with Crippen LogP contribution in [0.2, 0.25) is 0 Å². The molecule has 2 aliphatic rings. The van der Waals surface area contributed by atoms with Crippen molar-refractivity contribution in [3.8, 4) is 0 Å². The zero-order chi connectivity index (χ0) is 15.5. The maximum Gasteiger partial charge on any atom is 0.244 e. The van der Waals surface area contributed by atoms with Gasteiger partial charge in [0.2, 0.25) is 5.91 Å². The third-order valence-electron chi connectivity index (χ3n) is 4.58. The number of likely N-dealkylation sites (tertiary alicyclic amines) is 1. The van der Waals surface area contributed by atoms with Gasteiger partial charge < -0.3 is 9.64 Å². The lowest BCUT2D eigenvalue weighted by Crippen LogP contribution is -2.51. The predicted octanol–water partition coefficient (Wildman–Crippen LogP) is 2.46. The molecule has 3 rings (SSSR count). The van der Waals surface area contributed by atoms with Crippen LogP contribution in [-0.2, 0) is 9.53 Å². The smallest absolute Gasteiger partial charge is 0.244 e. The summed E-state index contributed by atoms with van der Waals surface area (Å²) >= 11 is 0. The number of morpholine rings is 1. The van der Waals surface area contributed by atoms with Crippen molar-refractivity contribution in [2.75, 3.05) is 26.2 Å². The minimum absolute atomic E-state index is 0.168. The van der Waals surface area contributed by atoms with Crippen molar-refractivity contribution in [1.29, 1.82) is 0 Å². The first-order valence-corrected chi connectivity index (χ1v) is 8.38. The van der Waals surface area contributed by atoms with Crippen molar-refractivity contribution >= 4 is 5.91 Å². The fraction of sp³-hybridized carbons (Fsp3) is 0.611. The molecule has 3 atom stereocenters. The number of amides is 1. The molecule has 3 unspecified atom stereocenters. The largest absolute Gasteiger partial charge is 0.373 e. The SMILES string of the molecule is CC1CN(C(C(=O)N2CCCC2)c2ccccc2)CC(C)O1. The Hall–Kier alpha value is -1.39. The van der Waals surface area contributed by atoms with Crippen LogP contribution in [0.5, 0.6) is 0 Å². The molecule has 1 aromatic rings. The molecule has 2 fully saturated rings. The van der Waals surface area contributed by atoms with Crippen molar-refractivity contribution in [1.82, 2.24) is 9.80 Å². The van der Waals surface area contributed by atoms with Crippen LogP contribution in [0.15, 0.2) is 30.3 Å². The summed E-state index contributed by atoms with van der Waals surface area (Å²) in [6.45, 7) is 7.60. The third-order valence-corrected chi connectivity index (χ3v) is 4.58. The molecule has 0 aliphatic carbocycles. The molecule has 0 bridgehead atoms. The fourth-order valence-corrected chi connectivity index (χ4v) is 3.68. The van der Waals surface area contributed by atoms with Gasteiger partial charge in [-0.25, -0.2) is 0 Å². The average Bonchev–Trinajstić information content (AvgIpc) is 3.02. The Bertz CT molecular complexity index is 489. The standard InChI is InChI=1S/C18H26N2O2/c1-14-12-20(13-15(2)22-14)17(16-8-4-3-5-9-16)18(21)19-10-6-7-11-19/h3-5,8-9,14-15,17H,6-7,10-13H2,1-2H3. The first kappa shape index (κ1) is 15.5. The molecule has 0 N–H and O–H groups in total. The lowest BCUT2D eigenvalue weighted by Gasteiger charge is -2.40. The molecule has 4 heteroatoms. The summed E-state index contributed by atoms with van der Waals surface area (Å²) < 4.78 is 5.84.